The average molecular weight is 143 g/mol. The van der Waals surface area contributed by atoms with Crippen LogP contribution < -0.4 is 4.57 Å². The zero-order chi connectivity index (χ0) is 6.69. The molecule has 0 aliphatic heterocycles. The zero-order valence-corrected chi connectivity index (χ0v) is 6.53. The summed E-state index contributed by atoms with van der Waals surface area (Å²) in [6.45, 7) is 2.14. The molecule has 0 radical (unpaired) electrons. The van der Waals surface area contributed by atoms with E-state index in [-0.39, 0.29) is 0 Å². The fourth-order valence-electron chi connectivity index (χ4n) is 0.670. The normalized spacial score (nSPS) is 10.0. The van der Waals surface area contributed by atoms with Gasteiger partial charge in [-0.05, 0) is 11.8 Å². The molecule has 0 bridgehead atoms. The molecule has 0 aromatic carbocycles. The zero-order valence-electron chi connectivity index (χ0n) is 5.72. The van der Waals surface area contributed by atoms with Gasteiger partial charge in [-0.15, -0.1) is 0 Å². The standard InChI is InChI=1S/C6H10N2S/c1-3-9-6-7-4-5-8(6)2/h4-5H,3H2,1-2H3/p+1. The lowest BCUT2D eigenvalue weighted by molar-refractivity contribution is -0.708. The number of thioether (sulfide) groups is 1. The van der Waals surface area contributed by atoms with E-state index in [9.17, 15) is 0 Å². The molecule has 0 saturated heterocycles. The average Bonchev–Trinajstić information content (AvgIpc) is 2.18. The molecule has 1 heterocycles. The van der Waals surface area contributed by atoms with Gasteiger partial charge >= 0.3 is 5.16 Å². The van der Waals surface area contributed by atoms with E-state index in [1.54, 1.807) is 0 Å². The second-order valence-corrected chi connectivity index (χ2v) is 3.06. The molecule has 9 heavy (non-hydrogen) atoms. The molecule has 0 aliphatic rings. The number of nitrogens with zero attached hydrogens (tertiary/aromatic N) is 1. The molecule has 0 atom stereocenters. The van der Waals surface area contributed by atoms with Crippen LogP contribution in [0.2, 0.25) is 0 Å². The third-order valence-corrected chi connectivity index (χ3v) is 2.07. The van der Waals surface area contributed by atoms with E-state index in [0.29, 0.717) is 0 Å². The molecule has 1 rings (SSSR count). The summed E-state index contributed by atoms with van der Waals surface area (Å²) in [6, 6.07) is 0. The third kappa shape index (κ3) is 1.48. The molecular weight excluding hydrogens is 132 g/mol. The molecule has 0 unspecified atom stereocenters. The summed E-state index contributed by atoms with van der Waals surface area (Å²) >= 11 is 1.82. The summed E-state index contributed by atoms with van der Waals surface area (Å²) in [5, 5.41) is 1.22. The van der Waals surface area contributed by atoms with Crippen LogP contribution in [0.3, 0.4) is 0 Å². The van der Waals surface area contributed by atoms with Crippen molar-refractivity contribution in [2.75, 3.05) is 5.75 Å². The maximum atomic E-state index is 3.13. The van der Waals surface area contributed by atoms with Crippen molar-refractivity contribution in [2.24, 2.45) is 7.05 Å². The van der Waals surface area contributed by atoms with Gasteiger partial charge in [0.1, 0.15) is 12.4 Å². The minimum absolute atomic E-state index is 1.12. The van der Waals surface area contributed by atoms with Crippen molar-refractivity contribution >= 4 is 11.8 Å². The predicted octanol–water partition coefficient (Wildman–Crippen LogP) is 0.951. The van der Waals surface area contributed by atoms with Crippen LogP contribution in [-0.2, 0) is 7.05 Å². The number of rotatable bonds is 2. The number of aromatic amines is 1. The number of hydrogen-bond acceptors (Lipinski definition) is 1. The molecule has 0 aliphatic carbocycles. The maximum Gasteiger partial charge on any atom is 0.315 e. The van der Waals surface area contributed by atoms with Crippen LogP contribution in [0.15, 0.2) is 17.6 Å². The van der Waals surface area contributed by atoms with Gasteiger partial charge in [-0.2, -0.15) is 0 Å². The number of nitrogens with one attached hydrogen (secondary N) is 1. The Morgan fingerprint density at radius 1 is 1.78 bits per heavy atom. The van der Waals surface area contributed by atoms with Crippen molar-refractivity contribution in [1.29, 1.82) is 0 Å². The second-order valence-electron chi connectivity index (χ2n) is 1.81. The monoisotopic (exact) mass is 143 g/mol. The number of aryl methyl sites for hydroxylation is 1. The van der Waals surface area contributed by atoms with E-state index in [1.165, 1.54) is 5.16 Å². The number of imidazole rings is 1. The first-order valence-electron chi connectivity index (χ1n) is 3.00. The molecule has 0 spiro atoms. The van der Waals surface area contributed by atoms with Crippen LogP contribution in [0.1, 0.15) is 6.92 Å². The van der Waals surface area contributed by atoms with E-state index in [1.807, 2.05) is 31.2 Å². The van der Waals surface area contributed by atoms with Crippen molar-refractivity contribution < 1.29 is 4.57 Å². The van der Waals surface area contributed by atoms with Gasteiger partial charge in [0.15, 0.2) is 0 Å². The van der Waals surface area contributed by atoms with Gasteiger partial charge in [-0.25, -0.2) is 9.55 Å². The second kappa shape index (κ2) is 2.92. The van der Waals surface area contributed by atoms with Crippen LogP contribution in [0.4, 0.5) is 0 Å². The quantitative estimate of drug-likeness (QED) is 0.482. The Morgan fingerprint density at radius 3 is 3.00 bits per heavy atom. The Balaban J connectivity index is 2.69. The fraction of sp³-hybridized carbons (Fsp3) is 0.500. The molecule has 0 saturated carbocycles. The first kappa shape index (κ1) is 6.68. The molecule has 1 aromatic rings. The van der Waals surface area contributed by atoms with Gasteiger partial charge < -0.3 is 0 Å². The topological polar surface area (TPSA) is 19.7 Å². The summed E-state index contributed by atoms with van der Waals surface area (Å²) in [5.74, 6) is 1.12. The summed E-state index contributed by atoms with van der Waals surface area (Å²) in [6.07, 6.45) is 3.95. The van der Waals surface area contributed by atoms with Gasteiger partial charge in [0.05, 0.1) is 7.05 Å². The van der Waals surface area contributed by atoms with E-state index in [0.717, 1.165) is 5.75 Å². The highest BCUT2D eigenvalue weighted by molar-refractivity contribution is 7.99. The Bertz CT molecular complexity index is 183. The van der Waals surface area contributed by atoms with Gasteiger partial charge in [0.25, 0.3) is 0 Å². The molecule has 0 fully saturated rings. The predicted molar refractivity (Wildman–Crippen MR) is 38.4 cm³/mol. The first-order valence-corrected chi connectivity index (χ1v) is 3.99. The summed E-state index contributed by atoms with van der Waals surface area (Å²) in [7, 11) is 2.04. The highest BCUT2D eigenvalue weighted by atomic mass is 32.2. The van der Waals surface area contributed by atoms with Crippen LogP contribution in [-0.4, -0.2) is 10.7 Å². The van der Waals surface area contributed by atoms with Gasteiger partial charge in [-0.3, -0.25) is 0 Å². The summed E-state index contributed by atoms with van der Waals surface area (Å²) in [5.41, 5.74) is 0. The lowest BCUT2D eigenvalue weighted by Crippen LogP contribution is -2.27. The highest BCUT2D eigenvalue weighted by Gasteiger charge is 2.03. The van der Waals surface area contributed by atoms with Gasteiger partial charge in [0, 0.05) is 5.75 Å². The highest BCUT2D eigenvalue weighted by Crippen LogP contribution is 2.07. The lowest BCUT2D eigenvalue weighted by Gasteiger charge is -1.87. The molecule has 0 amide bonds. The smallest absolute Gasteiger partial charge is 0.238 e. The van der Waals surface area contributed by atoms with E-state index in [4.69, 9.17) is 0 Å². The Hall–Kier alpha value is -0.440. The van der Waals surface area contributed by atoms with Crippen LogP contribution >= 0.6 is 11.8 Å². The van der Waals surface area contributed by atoms with Crippen molar-refractivity contribution in [3.8, 4) is 0 Å². The molecule has 50 valence electrons. The molecule has 1 aromatic heterocycles. The first-order chi connectivity index (χ1) is 4.34. The molecule has 2 nitrogen and oxygen atoms in total. The third-order valence-electron chi connectivity index (χ3n) is 1.11. The minimum atomic E-state index is 1.12. The van der Waals surface area contributed by atoms with E-state index >= 15 is 0 Å². The minimum Gasteiger partial charge on any atom is -0.238 e. The van der Waals surface area contributed by atoms with Crippen molar-refractivity contribution in [3.05, 3.63) is 12.4 Å². The molecule has 3 heteroatoms. The summed E-state index contributed by atoms with van der Waals surface area (Å²) < 4.78 is 2.08. The fourth-order valence-corrected chi connectivity index (χ4v) is 1.36. The number of aromatic nitrogens is 2. The van der Waals surface area contributed by atoms with Gasteiger partial charge in [0.2, 0.25) is 0 Å². The van der Waals surface area contributed by atoms with Crippen molar-refractivity contribution in [1.82, 2.24) is 4.98 Å². The SMILES string of the molecule is CCSc1[nH]cc[n+]1C. The summed E-state index contributed by atoms with van der Waals surface area (Å²) in [4.78, 5) is 3.13. The van der Waals surface area contributed by atoms with E-state index < -0.39 is 0 Å². The lowest BCUT2D eigenvalue weighted by atomic mass is 10.9. The van der Waals surface area contributed by atoms with Crippen molar-refractivity contribution in [3.63, 3.8) is 0 Å². The largest absolute Gasteiger partial charge is 0.315 e. The van der Waals surface area contributed by atoms with Crippen LogP contribution in [0.25, 0.3) is 0 Å². The molecule has 1 N–H and O–H groups in total. The Kier molecular flexibility index (Phi) is 2.16. The maximum absolute atomic E-state index is 3.13. The number of H-pyrrole nitrogens is 1. The van der Waals surface area contributed by atoms with Crippen LogP contribution in [0, 0.1) is 0 Å². The Labute approximate surface area is 59.3 Å². The Morgan fingerprint density at radius 2 is 2.56 bits per heavy atom. The molecular formula is C6H11N2S+. The van der Waals surface area contributed by atoms with Gasteiger partial charge in [-0.1, -0.05) is 6.92 Å². The van der Waals surface area contributed by atoms with Crippen LogP contribution in [0.5, 0.6) is 0 Å². The van der Waals surface area contributed by atoms with E-state index in [2.05, 4.69) is 16.5 Å². The van der Waals surface area contributed by atoms with Crippen molar-refractivity contribution in [2.45, 2.75) is 12.1 Å². The number of hydrogen-bond donors (Lipinski definition) is 1.